The van der Waals surface area contributed by atoms with Crippen LogP contribution in [0.5, 0.6) is 0 Å². The number of nitrogens with one attached hydrogen (secondary N) is 1. The number of amides is 1. The van der Waals surface area contributed by atoms with Gasteiger partial charge in [-0.15, -0.1) is 0 Å². The Balaban J connectivity index is 2.05. The highest BCUT2D eigenvalue weighted by atomic mass is 16.2. The fourth-order valence-corrected chi connectivity index (χ4v) is 2.40. The number of carbonyl (C=O) groups excluding carboxylic acids is 1. The fraction of sp³-hybridized carbons (Fsp3) is 0.533. The first-order valence-electron chi connectivity index (χ1n) is 6.92. The van der Waals surface area contributed by atoms with Crippen molar-refractivity contribution in [2.45, 2.75) is 12.8 Å². The largest absolute Gasteiger partial charge is 0.369 e. The van der Waals surface area contributed by atoms with Crippen LogP contribution in [0.1, 0.15) is 12.0 Å². The number of aryl methyl sites for hydroxylation is 1. The minimum Gasteiger partial charge on any atom is -0.369 e. The van der Waals surface area contributed by atoms with Gasteiger partial charge in [0.1, 0.15) is 0 Å². The molecule has 0 saturated carbocycles. The monoisotopic (exact) mass is 261 g/mol. The van der Waals surface area contributed by atoms with Crippen LogP contribution in [-0.4, -0.2) is 51.1 Å². The van der Waals surface area contributed by atoms with E-state index in [0.29, 0.717) is 6.42 Å². The molecule has 0 atom stereocenters. The SMILES string of the molecule is CN(C)C(=O)CCc1ccccc1N1CCNCC1. The molecule has 0 radical (unpaired) electrons. The Morgan fingerprint density at radius 2 is 1.95 bits per heavy atom. The van der Waals surface area contributed by atoms with Crippen molar-refractivity contribution < 1.29 is 4.79 Å². The van der Waals surface area contributed by atoms with Gasteiger partial charge < -0.3 is 15.1 Å². The highest BCUT2D eigenvalue weighted by molar-refractivity contribution is 5.76. The molecule has 0 spiro atoms. The third-order valence-corrected chi connectivity index (χ3v) is 3.56. The molecule has 2 rings (SSSR count). The lowest BCUT2D eigenvalue weighted by molar-refractivity contribution is -0.128. The van der Waals surface area contributed by atoms with Crippen LogP contribution in [0.4, 0.5) is 5.69 Å². The summed E-state index contributed by atoms with van der Waals surface area (Å²) in [6.45, 7) is 4.15. The van der Waals surface area contributed by atoms with Crippen LogP contribution in [0.2, 0.25) is 0 Å². The van der Waals surface area contributed by atoms with E-state index in [-0.39, 0.29) is 5.91 Å². The quantitative estimate of drug-likeness (QED) is 0.882. The van der Waals surface area contributed by atoms with Crippen LogP contribution in [0, 0.1) is 0 Å². The van der Waals surface area contributed by atoms with Crippen LogP contribution in [0.3, 0.4) is 0 Å². The predicted molar refractivity (Wildman–Crippen MR) is 78.5 cm³/mol. The summed E-state index contributed by atoms with van der Waals surface area (Å²) in [6, 6.07) is 8.44. The smallest absolute Gasteiger partial charge is 0.222 e. The molecule has 1 aliphatic rings. The van der Waals surface area contributed by atoms with Crippen molar-refractivity contribution in [2.24, 2.45) is 0 Å². The predicted octanol–water partition coefficient (Wildman–Crippen LogP) is 1.12. The minimum atomic E-state index is 0.190. The van der Waals surface area contributed by atoms with Gasteiger partial charge in [0.05, 0.1) is 0 Å². The van der Waals surface area contributed by atoms with Gasteiger partial charge in [-0.25, -0.2) is 0 Å². The maximum absolute atomic E-state index is 11.7. The van der Waals surface area contributed by atoms with E-state index >= 15 is 0 Å². The number of rotatable bonds is 4. The molecule has 0 aromatic heterocycles. The molecule has 1 amide bonds. The number of carbonyl (C=O) groups is 1. The summed E-state index contributed by atoms with van der Waals surface area (Å²) >= 11 is 0. The zero-order chi connectivity index (χ0) is 13.7. The molecule has 4 heteroatoms. The number of hydrogen-bond donors (Lipinski definition) is 1. The number of piperazine rings is 1. The lowest BCUT2D eigenvalue weighted by Gasteiger charge is -2.31. The topological polar surface area (TPSA) is 35.6 Å². The molecule has 1 aromatic rings. The molecule has 104 valence electrons. The van der Waals surface area contributed by atoms with E-state index in [1.165, 1.54) is 11.3 Å². The van der Waals surface area contributed by atoms with Crippen LogP contribution in [-0.2, 0) is 11.2 Å². The first-order chi connectivity index (χ1) is 9.18. The Kier molecular flexibility index (Phi) is 4.80. The minimum absolute atomic E-state index is 0.190. The third kappa shape index (κ3) is 3.70. The van der Waals surface area contributed by atoms with Crippen LogP contribution in [0.15, 0.2) is 24.3 Å². The second-order valence-electron chi connectivity index (χ2n) is 5.15. The molecule has 19 heavy (non-hydrogen) atoms. The average Bonchev–Trinajstić information content (AvgIpc) is 2.46. The van der Waals surface area contributed by atoms with E-state index in [1.54, 1.807) is 4.90 Å². The van der Waals surface area contributed by atoms with E-state index in [0.717, 1.165) is 32.6 Å². The van der Waals surface area contributed by atoms with E-state index in [4.69, 9.17) is 0 Å². The zero-order valence-electron chi connectivity index (χ0n) is 11.9. The van der Waals surface area contributed by atoms with Crippen molar-refractivity contribution in [1.82, 2.24) is 10.2 Å². The Labute approximate surface area is 115 Å². The van der Waals surface area contributed by atoms with Crippen molar-refractivity contribution in [3.8, 4) is 0 Å². The Hall–Kier alpha value is -1.55. The summed E-state index contributed by atoms with van der Waals surface area (Å²) in [6.07, 6.45) is 1.40. The highest BCUT2D eigenvalue weighted by Crippen LogP contribution is 2.22. The lowest BCUT2D eigenvalue weighted by atomic mass is 10.1. The van der Waals surface area contributed by atoms with Crippen LogP contribution < -0.4 is 10.2 Å². The maximum atomic E-state index is 11.7. The summed E-state index contributed by atoms with van der Waals surface area (Å²) in [5, 5.41) is 3.37. The first kappa shape index (κ1) is 13.9. The molecule has 1 aromatic carbocycles. The Morgan fingerprint density at radius 3 is 2.63 bits per heavy atom. The standard InChI is InChI=1S/C15H23N3O/c1-17(2)15(19)8-7-13-5-3-4-6-14(13)18-11-9-16-10-12-18/h3-6,16H,7-12H2,1-2H3. The molecule has 1 heterocycles. The molecular formula is C15H23N3O. The second kappa shape index (κ2) is 6.57. The number of nitrogens with zero attached hydrogens (tertiary/aromatic N) is 2. The van der Waals surface area contributed by atoms with Gasteiger partial charge in [0.25, 0.3) is 0 Å². The lowest BCUT2D eigenvalue weighted by Crippen LogP contribution is -2.43. The zero-order valence-corrected chi connectivity index (χ0v) is 11.9. The number of benzene rings is 1. The van der Waals surface area contributed by atoms with Gasteiger partial charge >= 0.3 is 0 Å². The van der Waals surface area contributed by atoms with Crippen molar-refractivity contribution >= 4 is 11.6 Å². The van der Waals surface area contributed by atoms with Gasteiger partial charge in [-0.1, -0.05) is 18.2 Å². The van der Waals surface area contributed by atoms with Crippen LogP contribution in [0.25, 0.3) is 0 Å². The third-order valence-electron chi connectivity index (χ3n) is 3.56. The summed E-state index contributed by atoms with van der Waals surface area (Å²) in [4.78, 5) is 15.8. The summed E-state index contributed by atoms with van der Waals surface area (Å²) in [5.74, 6) is 0.190. The number of para-hydroxylation sites is 1. The normalized spacial score (nSPS) is 15.4. The highest BCUT2D eigenvalue weighted by Gasteiger charge is 2.14. The van der Waals surface area contributed by atoms with Crippen LogP contribution >= 0.6 is 0 Å². The average molecular weight is 261 g/mol. The van der Waals surface area contributed by atoms with E-state index in [2.05, 4.69) is 34.5 Å². The summed E-state index contributed by atoms with van der Waals surface area (Å²) in [7, 11) is 3.62. The van der Waals surface area contributed by atoms with Crippen molar-refractivity contribution in [3.05, 3.63) is 29.8 Å². The fourth-order valence-electron chi connectivity index (χ4n) is 2.40. The summed E-state index contributed by atoms with van der Waals surface area (Å²) < 4.78 is 0. The van der Waals surface area contributed by atoms with Gasteiger partial charge in [0, 0.05) is 52.4 Å². The number of hydrogen-bond acceptors (Lipinski definition) is 3. The van der Waals surface area contributed by atoms with Crippen molar-refractivity contribution in [3.63, 3.8) is 0 Å². The van der Waals surface area contributed by atoms with Crippen molar-refractivity contribution in [1.29, 1.82) is 0 Å². The van der Waals surface area contributed by atoms with Crippen molar-refractivity contribution in [2.75, 3.05) is 45.2 Å². The van der Waals surface area contributed by atoms with E-state index < -0.39 is 0 Å². The molecule has 4 nitrogen and oxygen atoms in total. The molecular weight excluding hydrogens is 238 g/mol. The maximum Gasteiger partial charge on any atom is 0.222 e. The molecule has 1 aliphatic heterocycles. The van der Waals surface area contributed by atoms with Gasteiger partial charge in [-0.2, -0.15) is 0 Å². The van der Waals surface area contributed by atoms with Gasteiger partial charge in [-0.05, 0) is 18.1 Å². The van der Waals surface area contributed by atoms with E-state index in [1.807, 2.05) is 14.1 Å². The Bertz CT molecular complexity index is 425. The van der Waals surface area contributed by atoms with E-state index in [9.17, 15) is 4.79 Å². The van der Waals surface area contributed by atoms with Gasteiger partial charge in [-0.3, -0.25) is 4.79 Å². The molecule has 1 N–H and O–H groups in total. The molecule has 0 unspecified atom stereocenters. The summed E-state index contributed by atoms with van der Waals surface area (Å²) in [5.41, 5.74) is 2.56. The number of anilines is 1. The van der Waals surface area contributed by atoms with Gasteiger partial charge in [0.15, 0.2) is 0 Å². The molecule has 1 saturated heterocycles. The molecule has 0 aliphatic carbocycles. The molecule has 1 fully saturated rings. The van der Waals surface area contributed by atoms with Gasteiger partial charge in [0.2, 0.25) is 5.91 Å². The molecule has 0 bridgehead atoms. The Morgan fingerprint density at radius 1 is 1.26 bits per heavy atom. The second-order valence-corrected chi connectivity index (χ2v) is 5.15. The first-order valence-corrected chi connectivity index (χ1v) is 6.92.